The Balaban J connectivity index is 1.73. The standard InChI is InChI=1S/C11H15I2N3O/c12-6-16-11-4-2-8-7(9(8)5-17-13)1-3-10(11)14-15-16/h7-9H,1-6H2. The zero-order valence-corrected chi connectivity index (χ0v) is 13.8. The fourth-order valence-electron chi connectivity index (χ4n) is 3.24. The Morgan fingerprint density at radius 3 is 2.76 bits per heavy atom. The van der Waals surface area contributed by atoms with Crippen LogP contribution in [0.15, 0.2) is 0 Å². The van der Waals surface area contributed by atoms with Crippen LogP contribution in [0.3, 0.4) is 0 Å². The zero-order valence-electron chi connectivity index (χ0n) is 9.48. The second kappa shape index (κ2) is 5.28. The maximum absolute atomic E-state index is 5.28. The van der Waals surface area contributed by atoms with Gasteiger partial charge in [0.1, 0.15) is 23.0 Å². The fraction of sp³-hybridized carbons (Fsp3) is 0.818. The van der Waals surface area contributed by atoms with Crippen LogP contribution in [-0.4, -0.2) is 21.6 Å². The van der Waals surface area contributed by atoms with E-state index in [1.165, 1.54) is 24.2 Å². The Hall–Kier alpha value is 0.560. The van der Waals surface area contributed by atoms with Gasteiger partial charge in [-0.15, -0.1) is 5.10 Å². The number of alkyl halides is 1. The van der Waals surface area contributed by atoms with E-state index in [0.717, 1.165) is 41.8 Å². The topological polar surface area (TPSA) is 39.9 Å². The van der Waals surface area contributed by atoms with E-state index in [2.05, 4.69) is 37.6 Å². The van der Waals surface area contributed by atoms with Crippen molar-refractivity contribution in [3.63, 3.8) is 0 Å². The van der Waals surface area contributed by atoms with E-state index in [1.807, 2.05) is 23.0 Å². The van der Waals surface area contributed by atoms with Gasteiger partial charge in [-0.3, -0.25) is 0 Å². The first-order valence-corrected chi connectivity index (χ1v) is 8.46. The van der Waals surface area contributed by atoms with Crippen molar-refractivity contribution < 1.29 is 3.07 Å². The van der Waals surface area contributed by atoms with Gasteiger partial charge in [0.2, 0.25) is 0 Å². The largest absolute Gasteiger partial charge is 0.315 e. The van der Waals surface area contributed by atoms with Gasteiger partial charge in [-0.05, 0) is 43.4 Å². The lowest BCUT2D eigenvalue weighted by atomic mass is 10.0. The van der Waals surface area contributed by atoms with E-state index >= 15 is 0 Å². The maximum atomic E-state index is 5.28. The molecule has 94 valence electrons. The molecule has 4 nitrogen and oxygen atoms in total. The molecular formula is C11H15I2N3O. The molecule has 0 N–H and O–H groups in total. The van der Waals surface area contributed by atoms with Gasteiger partial charge in [-0.1, -0.05) is 27.8 Å². The lowest BCUT2D eigenvalue weighted by molar-refractivity contribution is 0.375. The van der Waals surface area contributed by atoms with Crippen LogP contribution < -0.4 is 0 Å². The average molecular weight is 459 g/mol. The summed E-state index contributed by atoms with van der Waals surface area (Å²) in [5.41, 5.74) is 2.61. The highest BCUT2D eigenvalue weighted by atomic mass is 127. The summed E-state index contributed by atoms with van der Waals surface area (Å²) in [6.07, 6.45) is 4.80. The lowest BCUT2D eigenvalue weighted by Gasteiger charge is -2.08. The maximum Gasteiger partial charge on any atom is 0.109 e. The molecule has 1 aromatic rings. The lowest BCUT2D eigenvalue weighted by Crippen LogP contribution is -2.06. The Labute approximate surface area is 129 Å². The molecule has 0 spiro atoms. The Morgan fingerprint density at radius 2 is 2.06 bits per heavy atom. The summed E-state index contributed by atoms with van der Waals surface area (Å²) < 4.78 is 8.25. The van der Waals surface area contributed by atoms with Crippen molar-refractivity contribution in [3.8, 4) is 0 Å². The predicted molar refractivity (Wildman–Crippen MR) is 81.1 cm³/mol. The third kappa shape index (κ3) is 2.36. The molecule has 1 aromatic heterocycles. The molecule has 1 saturated carbocycles. The van der Waals surface area contributed by atoms with Crippen LogP contribution in [0.4, 0.5) is 0 Å². The average Bonchev–Trinajstić information content (AvgIpc) is 2.80. The third-order valence-electron chi connectivity index (χ3n) is 4.22. The minimum atomic E-state index is 0.803. The van der Waals surface area contributed by atoms with Gasteiger partial charge in [0.25, 0.3) is 0 Å². The summed E-state index contributed by atoms with van der Waals surface area (Å²) in [4.78, 5) is 0. The number of rotatable bonds is 3. The summed E-state index contributed by atoms with van der Waals surface area (Å²) in [6, 6.07) is 0. The third-order valence-corrected chi connectivity index (χ3v) is 5.23. The molecule has 3 unspecified atom stereocenters. The minimum Gasteiger partial charge on any atom is -0.315 e. The molecule has 2 aliphatic carbocycles. The second-order valence-corrected chi connectivity index (χ2v) is 6.25. The molecule has 0 amide bonds. The molecule has 3 rings (SSSR count). The Morgan fingerprint density at radius 1 is 1.29 bits per heavy atom. The van der Waals surface area contributed by atoms with Crippen molar-refractivity contribution in [2.24, 2.45) is 17.8 Å². The molecule has 0 radical (unpaired) electrons. The number of fused-ring (bicyclic) bond motifs is 2. The highest BCUT2D eigenvalue weighted by Crippen LogP contribution is 2.53. The molecule has 2 aliphatic rings. The van der Waals surface area contributed by atoms with Crippen LogP contribution in [0.1, 0.15) is 24.2 Å². The number of aromatic nitrogens is 3. The van der Waals surface area contributed by atoms with E-state index in [-0.39, 0.29) is 0 Å². The van der Waals surface area contributed by atoms with Gasteiger partial charge in [-0.2, -0.15) is 0 Å². The second-order valence-electron chi connectivity index (χ2n) is 4.95. The van der Waals surface area contributed by atoms with Crippen molar-refractivity contribution in [2.45, 2.75) is 30.2 Å². The van der Waals surface area contributed by atoms with Crippen LogP contribution in [0.25, 0.3) is 0 Å². The normalized spacial score (nSPS) is 31.3. The summed E-state index contributed by atoms with van der Waals surface area (Å²) in [6.45, 7) is 0.929. The quantitative estimate of drug-likeness (QED) is 0.516. The number of halogens is 2. The Bertz CT molecular complexity index is 409. The molecule has 17 heavy (non-hydrogen) atoms. The van der Waals surface area contributed by atoms with Gasteiger partial charge < -0.3 is 3.07 Å². The molecule has 0 saturated heterocycles. The molecule has 3 atom stereocenters. The van der Waals surface area contributed by atoms with Gasteiger partial charge in [-0.25, -0.2) is 4.68 Å². The van der Waals surface area contributed by atoms with Gasteiger partial charge in [0.05, 0.1) is 22.5 Å². The molecule has 1 heterocycles. The molecule has 0 aliphatic heterocycles. The summed E-state index contributed by atoms with van der Waals surface area (Å²) in [5.74, 6) is 2.56. The van der Waals surface area contributed by atoms with Crippen LogP contribution in [0.2, 0.25) is 0 Å². The zero-order chi connectivity index (χ0) is 11.8. The predicted octanol–water partition coefficient (Wildman–Crippen LogP) is 2.78. The first-order valence-electron chi connectivity index (χ1n) is 6.06. The van der Waals surface area contributed by atoms with Crippen LogP contribution >= 0.6 is 45.6 Å². The highest BCUT2D eigenvalue weighted by molar-refractivity contribution is 14.1. The molecule has 0 aromatic carbocycles. The molecule has 0 bridgehead atoms. The highest BCUT2D eigenvalue weighted by Gasteiger charge is 2.49. The molecular weight excluding hydrogens is 444 g/mol. The van der Waals surface area contributed by atoms with E-state index in [0.29, 0.717) is 0 Å². The number of nitrogens with zero attached hydrogens (tertiary/aromatic N) is 3. The van der Waals surface area contributed by atoms with Crippen molar-refractivity contribution in [1.29, 1.82) is 0 Å². The van der Waals surface area contributed by atoms with Gasteiger partial charge in [0.15, 0.2) is 0 Å². The van der Waals surface area contributed by atoms with E-state index in [4.69, 9.17) is 3.07 Å². The first-order chi connectivity index (χ1) is 8.35. The van der Waals surface area contributed by atoms with Crippen molar-refractivity contribution in [1.82, 2.24) is 15.0 Å². The van der Waals surface area contributed by atoms with Crippen molar-refractivity contribution in [2.75, 3.05) is 6.61 Å². The van der Waals surface area contributed by atoms with Crippen molar-refractivity contribution in [3.05, 3.63) is 11.4 Å². The monoisotopic (exact) mass is 459 g/mol. The van der Waals surface area contributed by atoms with Gasteiger partial charge >= 0.3 is 0 Å². The molecule has 6 heteroatoms. The molecule has 1 fully saturated rings. The van der Waals surface area contributed by atoms with Gasteiger partial charge in [0, 0.05) is 0 Å². The Kier molecular flexibility index (Phi) is 3.91. The minimum absolute atomic E-state index is 0.803. The van der Waals surface area contributed by atoms with E-state index in [1.54, 1.807) is 0 Å². The number of aryl methyl sites for hydroxylation is 1. The van der Waals surface area contributed by atoms with E-state index in [9.17, 15) is 0 Å². The van der Waals surface area contributed by atoms with Crippen LogP contribution in [0.5, 0.6) is 0 Å². The SMILES string of the molecule is ICn1nnc2c1CCC1C(CC2)C1COI. The number of hydrogen-bond acceptors (Lipinski definition) is 3. The van der Waals surface area contributed by atoms with E-state index < -0.39 is 0 Å². The summed E-state index contributed by atoms with van der Waals surface area (Å²) in [7, 11) is 0. The smallest absolute Gasteiger partial charge is 0.109 e. The first kappa shape index (κ1) is 12.6. The summed E-state index contributed by atoms with van der Waals surface area (Å²) in [5, 5.41) is 8.56. The van der Waals surface area contributed by atoms with Crippen LogP contribution in [-0.2, 0) is 20.5 Å². The fourth-order valence-corrected chi connectivity index (χ4v) is 4.20. The summed E-state index contributed by atoms with van der Waals surface area (Å²) >= 11 is 4.37. The van der Waals surface area contributed by atoms with Crippen molar-refractivity contribution >= 4 is 45.6 Å². The van der Waals surface area contributed by atoms with Crippen LogP contribution in [0, 0.1) is 17.8 Å². The number of hydrogen-bond donors (Lipinski definition) is 0.